The van der Waals surface area contributed by atoms with E-state index in [9.17, 15) is 16.8 Å². The highest BCUT2D eigenvalue weighted by Crippen LogP contribution is 2.35. The third-order valence-electron chi connectivity index (χ3n) is 4.73. The van der Waals surface area contributed by atoms with Gasteiger partial charge in [0, 0.05) is 12.6 Å². The van der Waals surface area contributed by atoms with E-state index < -0.39 is 20.0 Å². The minimum absolute atomic E-state index is 0.0302. The van der Waals surface area contributed by atoms with Crippen molar-refractivity contribution >= 4 is 31.4 Å². The van der Waals surface area contributed by atoms with Gasteiger partial charge in [0.1, 0.15) is 22.1 Å². The first kappa shape index (κ1) is 22.0. The Morgan fingerprint density at radius 1 is 0.933 bits per heavy atom. The van der Waals surface area contributed by atoms with Gasteiger partial charge in [-0.15, -0.1) is 0 Å². The van der Waals surface area contributed by atoms with Crippen LogP contribution in [0.2, 0.25) is 0 Å². The zero-order chi connectivity index (χ0) is 21.9. The van der Waals surface area contributed by atoms with Gasteiger partial charge in [-0.1, -0.05) is 0 Å². The summed E-state index contributed by atoms with van der Waals surface area (Å²) in [7, 11) is -3.37. The highest BCUT2D eigenvalue weighted by molar-refractivity contribution is 7.93. The maximum Gasteiger partial charge on any atom is 0.265 e. The lowest BCUT2D eigenvalue weighted by atomic mass is 10.2. The number of nitrogens with zero attached hydrogens (tertiary/aromatic N) is 1. The first-order valence-corrected chi connectivity index (χ1v) is 12.2. The fourth-order valence-electron chi connectivity index (χ4n) is 3.19. The molecule has 0 unspecified atom stereocenters. The number of nitrogens with one attached hydrogen (secondary N) is 1. The molecule has 0 bridgehead atoms. The van der Waals surface area contributed by atoms with Gasteiger partial charge in [0.2, 0.25) is 10.0 Å². The van der Waals surface area contributed by atoms with Crippen molar-refractivity contribution in [2.75, 3.05) is 42.7 Å². The van der Waals surface area contributed by atoms with Crippen LogP contribution in [0.5, 0.6) is 17.2 Å². The van der Waals surface area contributed by atoms with E-state index >= 15 is 0 Å². The summed E-state index contributed by atoms with van der Waals surface area (Å²) >= 11 is 0. The average Bonchev–Trinajstić information content (AvgIpc) is 2.73. The number of methoxy groups -OCH3 is 3. The molecular weight excluding hydrogens is 432 g/mol. The van der Waals surface area contributed by atoms with Crippen molar-refractivity contribution in [2.24, 2.45) is 0 Å². The van der Waals surface area contributed by atoms with Crippen molar-refractivity contribution in [1.82, 2.24) is 0 Å². The van der Waals surface area contributed by atoms with Crippen LogP contribution in [-0.4, -0.2) is 50.5 Å². The number of hydrogen-bond donors (Lipinski definition) is 1. The second kappa shape index (κ2) is 8.60. The Bertz CT molecular complexity index is 1130. The van der Waals surface area contributed by atoms with Crippen molar-refractivity contribution in [3.05, 3.63) is 36.4 Å². The second-order valence-corrected chi connectivity index (χ2v) is 10.3. The normalized spacial score (nSPS) is 16.0. The van der Waals surface area contributed by atoms with Gasteiger partial charge >= 0.3 is 0 Å². The summed E-state index contributed by atoms with van der Waals surface area (Å²) in [4.78, 5) is -0.179. The Hall–Kier alpha value is -2.66. The first-order chi connectivity index (χ1) is 14.2. The number of ether oxygens (including phenoxy) is 3. The number of benzene rings is 2. The van der Waals surface area contributed by atoms with E-state index in [1.165, 1.54) is 49.9 Å². The van der Waals surface area contributed by atoms with Gasteiger partial charge < -0.3 is 14.2 Å². The molecule has 2 aromatic carbocycles. The Morgan fingerprint density at radius 2 is 1.67 bits per heavy atom. The highest BCUT2D eigenvalue weighted by Gasteiger charge is 2.29. The van der Waals surface area contributed by atoms with E-state index in [1.807, 2.05) is 0 Å². The smallest absolute Gasteiger partial charge is 0.265 e. The molecule has 0 radical (unpaired) electrons. The lowest BCUT2D eigenvalue weighted by Gasteiger charge is -2.28. The van der Waals surface area contributed by atoms with Crippen LogP contribution in [0.1, 0.15) is 12.8 Å². The van der Waals surface area contributed by atoms with Crippen molar-refractivity contribution in [3.8, 4) is 17.2 Å². The van der Waals surface area contributed by atoms with E-state index in [1.54, 1.807) is 12.1 Å². The topological polar surface area (TPSA) is 111 Å². The zero-order valence-electron chi connectivity index (χ0n) is 16.9. The van der Waals surface area contributed by atoms with Crippen molar-refractivity contribution in [3.63, 3.8) is 0 Å². The molecule has 1 fully saturated rings. The molecule has 9 nitrogen and oxygen atoms in total. The molecule has 1 aliphatic rings. The van der Waals surface area contributed by atoms with Crippen LogP contribution in [0.4, 0.5) is 11.4 Å². The average molecular weight is 457 g/mol. The SMILES string of the molecule is COc1ccc(NS(=O)(=O)c2cc(N3CCCCS3(=O)=O)ccc2OC)c(OC)c1. The first-order valence-electron chi connectivity index (χ1n) is 9.15. The number of anilines is 2. The van der Waals surface area contributed by atoms with Crippen LogP contribution in [0.3, 0.4) is 0 Å². The third kappa shape index (κ3) is 4.41. The molecule has 0 saturated carbocycles. The predicted octanol–water partition coefficient (Wildman–Crippen LogP) is 2.44. The Balaban J connectivity index is 2.03. The fraction of sp³-hybridized carbons (Fsp3) is 0.368. The molecule has 164 valence electrons. The zero-order valence-corrected chi connectivity index (χ0v) is 18.5. The Labute approximate surface area is 176 Å². The number of sulfonamides is 2. The lowest BCUT2D eigenvalue weighted by Crippen LogP contribution is -2.37. The van der Waals surface area contributed by atoms with Gasteiger partial charge in [-0.05, 0) is 43.2 Å². The Morgan fingerprint density at radius 3 is 2.30 bits per heavy atom. The van der Waals surface area contributed by atoms with Gasteiger partial charge in [0.15, 0.2) is 0 Å². The van der Waals surface area contributed by atoms with E-state index in [-0.39, 0.29) is 33.5 Å². The third-order valence-corrected chi connectivity index (χ3v) is 7.98. The summed E-state index contributed by atoms with van der Waals surface area (Å²) in [6.07, 6.45) is 1.29. The molecular formula is C19H24N2O7S2. The van der Waals surface area contributed by atoms with Crippen LogP contribution in [-0.2, 0) is 20.0 Å². The second-order valence-electron chi connectivity index (χ2n) is 6.60. The largest absolute Gasteiger partial charge is 0.497 e. The summed E-state index contributed by atoms with van der Waals surface area (Å²) < 4.78 is 70.5. The van der Waals surface area contributed by atoms with Gasteiger partial charge in [-0.3, -0.25) is 9.03 Å². The monoisotopic (exact) mass is 456 g/mol. The molecule has 1 N–H and O–H groups in total. The molecule has 0 aromatic heterocycles. The summed E-state index contributed by atoms with van der Waals surface area (Å²) in [5.74, 6) is 0.895. The molecule has 1 aliphatic heterocycles. The van der Waals surface area contributed by atoms with E-state index in [0.717, 1.165) is 0 Å². The fourth-order valence-corrected chi connectivity index (χ4v) is 6.08. The number of rotatable bonds is 7. The summed E-state index contributed by atoms with van der Waals surface area (Å²) in [6, 6.07) is 8.94. The summed E-state index contributed by atoms with van der Waals surface area (Å²) in [5.41, 5.74) is 0.480. The molecule has 1 saturated heterocycles. The van der Waals surface area contributed by atoms with Gasteiger partial charge in [0.05, 0.1) is 38.5 Å². The van der Waals surface area contributed by atoms with E-state index in [0.29, 0.717) is 25.1 Å². The molecule has 30 heavy (non-hydrogen) atoms. The minimum atomic E-state index is -4.12. The molecule has 1 heterocycles. The molecule has 0 aliphatic carbocycles. The molecule has 0 amide bonds. The van der Waals surface area contributed by atoms with Crippen LogP contribution in [0.15, 0.2) is 41.3 Å². The quantitative estimate of drug-likeness (QED) is 0.681. The summed E-state index contributed by atoms with van der Waals surface area (Å²) in [5, 5.41) is 0. The highest BCUT2D eigenvalue weighted by atomic mass is 32.2. The minimum Gasteiger partial charge on any atom is -0.497 e. The molecule has 2 aromatic rings. The lowest BCUT2D eigenvalue weighted by molar-refractivity contribution is 0.395. The Kier molecular flexibility index (Phi) is 6.32. The van der Waals surface area contributed by atoms with Crippen LogP contribution in [0.25, 0.3) is 0 Å². The standard InChI is InChI=1S/C19H24N2O7S2/c1-26-15-7-8-16(18(13-15)28-3)20-30(24,25)19-12-14(6-9-17(19)27-2)21-10-4-5-11-29(21,22)23/h6-9,12-13,20H,4-5,10-11H2,1-3H3. The number of hydrogen-bond acceptors (Lipinski definition) is 7. The van der Waals surface area contributed by atoms with Gasteiger partial charge in [0.25, 0.3) is 10.0 Å². The van der Waals surface area contributed by atoms with Crippen molar-refractivity contribution < 1.29 is 31.0 Å². The van der Waals surface area contributed by atoms with Crippen molar-refractivity contribution in [2.45, 2.75) is 17.7 Å². The van der Waals surface area contributed by atoms with Crippen LogP contribution >= 0.6 is 0 Å². The van der Waals surface area contributed by atoms with Crippen LogP contribution in [0, 0.1) is 0 Å². The summed E-state index contributed by atoms with van der Waals surface area (Å²) in [6.45, 7) is 0.299. The molecule has 0 atom stereocenters. The van der Waals surface area contributed by atoms with E-state index in [4.69, 9.17) is 14.2 Å². The van der Waals surface area contributed by atoms with Crippen molar-refractivity contribution in [1.29, 1.82) is 0 Å². The van der Waals surface area contributed by atoms with E-state index in [2.05, 4.69) is 4.72 Å². The predicted molar refractivity (Wildman–Crippen MR) is 114 cm³/mol. The van der Waals surface area contributed by atoms with Crippen LogP contribution < -0.4 is 23.2 Å². The molecule has 0 spiro atoms. The maximum absolute atomic E-state index is 13.2. The van der Waals surface area contributed by atoms with Gasteiger partial charge in [-0.25, -0.2) is 16.8 Å². The molecule has 11 heteroatoms. The maximum atomic E-state index is 13.2. The van der Waals surface area contributed by atoms with Gasteiger partial charge in [-0.2, -0.15) is 0 Å². The molecule has 3 rings (SSSR count).